The first-order valence-electron chi connectivity index (χ1n) is 7.42. The minimum absolute atomic E-state index is 0.0201. The molecular formula is C16H20N2O6. The molecule has 8 nitrogen and oxygen atoms in total. The number of benzene rings is 1. The molecule has 0 unspecified atom stereocenters. The highest BCUT2D eigenvalue weighted by molar-refractivity contribution is 6.40. The molecule has 1 aromatic rings. The Morgan fingerprint density at radius 1 is 1.17 bits per heavy atom. The number of nitrogens with zero attached hydrogens (tertiary/aromatic N) is 1. The summed E-state index contributed by atoms with van der Waals surface area (Å²) in [5.74, 6) is -3.49. The molecule has 1 aromatic carbocycles. The Morgan fingerprint density at radius 3 is 2.38 bits per heavy atom. The second-order valence-corrected chi connectivity index (χ2v) is 4.65. The second kappa shape index (κ2) is 9.29. The van der Waals surface area contributed by atoms with E-state index in [0.29, 0.717) is 0 Å². The number of hydrazone groups is 1. The standard InChI is InChI=1S/C16H20N2O6/c1-4-23-15(21)10(3)13(16(22)24-5-2)17-18-14(20)11-8-6-7-9-12(11)19/h6-10,19H,4-5H2,1-3H3,(H,18,20)/b17-13+/t10-/m1/s1. The van der Waals surface area contributed by atoms with Gasteiger partial charge in [-0.1, -0.05) is 12.1 Å². The predicted octanol–water partition coefficient (Wildman–Crippen LogP) is 1.24. The van der Waals surface area contributed by atoms with Crippen molar-refractivity contribution in [2.45, 2.75) is 20.8 Å². The molecular weight excluding hydrogens is 316 g/mol. The van der Waals surface area contributed by atoms with Crippen molar-refractivity contribution in [2.24, 2.45) is 11.0 Å². The van der Waals surface area contributed by atoms with Gasteiger partial charge in [0, 0.05) is 0 Å². The van der Waals surface area contributed by atoms with Gasteiger partial charge in [-0.3, -0.25) is 9.59 Å². The summed E-state index contributed by atoms with van der Waals surface area (Å²) in [5, 5.41) is 13.3. The molecule has 0 aliphatic rings. The van der Waals surface area contributed by atoms with Gasteiger partial charge in [-0.05, 0) is 32.9 Å². The van der Waals surface area contributed by atoms with Crippen LogP contribution in [-0.2, 0) is 19.1 Å². The summed E-state index contributed by atoms with van der Waals surface area (Å²) in [6.07, 6.45) is 0. The fraction of sp³-hybridized carbons (Fsp3) is 0.375. The number of ether oxygens (including phenoxy) is 2. The summed E-state index contributed by atoms with van der Waals surface area (Å²) in [5.41, 5.74) is 1.82. The zero-order valence-corrected chi connectivity index (χ0v) is 13.7. The first-order chi connectivity index (χ1) is 11.4. The number of hydrogen-bond donors (Lipinski definition) is 2. The van der Waals surface area contributed by atoms with Crippen LogP contribution in [0.4, 0.5) is 0 Å². The SMILES string of the molecule is CCOC(=O)/C(=N/NC(=O)c1ccccc1O)[C@@H](C)C(=O)OCC. The zero-order chi connectivity index (χ0) is 18.1. The van der Waals surface area contributed by atoms with Crippen LogP contribution in [0.3, 0.4) is 0 Å². The number of rotatable bonds is 7. The molecule has 0 radical (unpaired) electrons. The molecule has 1 rings (SSSR count). The van der Waals surface area contributed by atoms with Crippen molar-refractivity contribution in [1.29, 1.82) is 0 Å². The van der Waals surface area contributed by atoms with E-state index in [9.17, 15) is 19.5 Å². The van der Waals surface area contributed by atoms with Crippen molar-refractivity contribution in [2.75, 3.05) is 13.2 Å². The number of aromatic hydroxyl groups is 1. The molecule has 24 heavy (non-hydrogen) atoms. The monoisotopic (exact) mass is 336 g/mol. The van der Waals surface area contributed by atoms with E-state index >= 15 is 0 Å². The summed E-state index contributed by atoms with van der Waals surface area (Å²) in [7, 11) is 0. The van der Waals surface area contributed by atoms with Crippen LogP contribution in [0.15, 0.2) is 29.4 Å². The number of para-hydroxylation sites is 1. The van der Waals surface area contributed by atoms with Crippen LogP contribution in [0, 0.1) is 5.92 Å². The number of phenols is 1. The van der Waals surface area contributed by atoms with E-state index in [0.717, 1.165) is 0 Å². The Bertz CT molecular complexity index is 641. The van der Waals surface area contributed by atoms with Gasteiger partial charge in [0.2, 0.25) is 0 Å². The Labute approximate surface area is 139 Å². The average molecular weight is 336 g/mol. The minimum atomic E-state index is -1.02. The summed E-state index contributed by atoms with van der Waals surface area (Å²) in [6.45, 7) is 4.88. The molecule has 0 saturated heterocycles. The number of carbonyl (C=O) groups excluding carboxylic acids is 3. The van der Waals surface area contributed by atoms with Crippen LogP contribution in [-0.4, -0.2) is 41.9 Å². The minimum Gasteiger partial charge on any atom is -0.507 e. The van der Waals surface area contributed by atoms with Gasteiger partial charge >= 0.3 is 11.9 Å². The summed E-state index contributed by atoms with van der Waals surface area (Å²) in [4.78, 5) is 35.8. The molecule has 2 N–H and O–H groups in total. The fourth-order valence-corrected chi connectivity index (χ4v) is 1.74. The molecule has 0 aromatic heterocycles. The highest BCUT2D eigenvalue weighted by Gasteiger charge is 2.28. The normalized spacial score (nSPS) is 12.2. The van der Waals surface area contributed by atoms with E-state index in [1.165, 1.54) is 19.1 Å². The third kappa shape index (κ3) is 5.08. The van der Waals surface area contributed by atoms with Gasteiger partial charge in [-0.25, -0.2) is 10.2 Å². The number of hydrogen-bond acceptors (Lipinski definition) is 7. The Morgan fingerprint density at radius 2 is 1.79 bits per heavy atom. The van der Waals surface area contributed by atoms with Gasteiger partial charge in [-0.2, -0.15) is 5.10 Å². The quantitative estimate of drug-likeness (QED) is 0.440. The summed E-state index contributed by atoms with van der Waals surface area (Å²) < 4.78 is 9.68. The van der Waals surface area contributed by atoms with Crippen LogP contribution >= 0.6 is 0 Å². The van der Waals surface area contributed by atoms with Gasteiger partial charge < -0.3 is 14.6 Å². The van der Waals surface area contributed by atoms with Crippen molar-refractivity contribution in [3.05, 3.63) is 29.8 Å². The average Bonchev–Trinajstić information content (AvgIpc) is 2.55. The van der Waals surface area contributed by atoms with Crippen molar-refractivity contribution in [3.8, 4) is 5.75 Å². The van der Waals surface area contributed by atoms with E-state index in [4.69, 9.17) is 9.47 Å². The summed E-state index contributed by atoms with van der Waals surface area (Å²) >= 11 is 0. The summed E-state index contributed by atoms with van der Waals surface area (Å²) in [6, 6.07) is 5.85. The van der Waals surface area contributed by atoms with E-state index in [1.54, 1.807) is 26.0 Å². The lowest BCUT2D eigenvalue weighted by molar-refractivity contribution is -0.146. The van der Waals surface area contributed by atoms with Crippen LogP contribution in [0.5, 0.6) is 5.75 Å². The molecule has 0 spiro atoms. The maximum absolute atomic E-state index is 12.0. The van der Waals surface area contributed by atoms with Gasteiger partial charge in [0.1, 0.15) is 11.7 Å². The molecule has 1 amide bonds. The van der Waals surface area contributed by atoms with Gasteiger partial charge in [0.15, 0.2) is 5.71 Å². The highest BCUT2D eigenvalue weighted by Crippen LogP contribution is 2.15. The Hall–Kier alpha value is -2.90. The third-order valence-electron chi connectivity index (χ3n) is 2.96. The maximum atomic E-state index is 12.0. The topological polar surface area (TPSA) is 114 Å². The highest BCUT2D eigenvalue weighted by atomic mass is 16.5. The molecule has 130 valence electrons. The van der Waals surface area contributed by atoms with Gasteiger partial charge in [0.05, 0.1) is 18.8 Å². The van der Waals surface area contributed by atoms with Crippen LogP contribution in [0.25, 0.3) is 0 Å². The smallest absolute Gasteiger partial charge is 0.355 e. The fourth-order valence-electron chi connectivity index (χ4n) is 1.74. The number of esters is 2. The third-order valence-corrected chi connectivity index (χ3v) is 2.96. The Kier molecular flexibility index (Phi) is 7.41. The molecule has 0 saturated carbocycles. The number of nitrogens with one attached hydrogen (secondary N) is 1. The lowest BCUT2D eigenvalue weighted by Gasteiger charge is -2.13. The van der Waals surface area contributed by atoms with Crippen molar-refractivity contribution in [3.63, 3.8) is 0 Å². The molecule has 0 fully saturated rings. The number of amides is 1. The van der Waals surface area contributed by atoms with E-state index in [-0.39, 0.29) is 30.2 Å². The number of phenolic OH excluding ortho intramolecular Hbond substituents is 1. The van der Waals surface area contributed by atoms with Crippen LogP contribution in [0.2, 0.25) is 0 Å². The van der Waals surface area contributed by atoms with Crippen LogP contribution in [0.1, 0.15) is 31.1 Å². The van der Waals surface area contributed by atoms with Crippen molar-refractivity contribution < 1.29 is 29.0 Å². The molecule has 8 heteroatoms. The van der Waals surface area contributed by atoms with Crippen molar-refractivity contribution >= 4 is 23.6 Å². The lowest BCUT2D eigenvalue weighted by Crippen LogP contribution is -2.34. The first kappa shape index (κ1) is 19.1. The van der Waals surface area contributed by atoms with E-state index in [1.807, 2.05) is 0 Å². The zero-order valence-electron chi connectivity index (χ0n) is 13.7. The van der Waals surface area contributed by atoms with E-state index < -0.39 is 23.8 Å². The van der Waals surface area contributed by atoms with E-state index in [2.05, 4.69) is 10.5 Å². The van der Waals surface area contributed by atoms with Crippen molar-refractivity contribution in [1.82, 2.24) is 5.43 Å². The maximum Gasteiger partial charge on any atom is 0.355 e. The number of carbonyl (C=O) groups is 3. The molecule has 0 aliphatic heterocycles. The molecule has 0 heterocycles. The Balaban J connectivity index is 2.99. The first-order valence-corrected chi connectivity index (χ1v) is 7.42. The predicted molar refractivity (Wildman–Crippen MR) is 85.4 cm³/mol. The van der Waals surface area contributed by atoms with Gasteiger partial charge in [0.25, 0.3) is 5.91 Å². The second-order valence-electron chi connectivity index (χ2n) is 4.65. The largest absolute Gasteiger partial charge is 0.507 e. The lowest BCUT2D eigenvalue weighted by atomic mass is 10.1. The van der Waals surface area contributed by atoms with Gasteiger partial charge in [-0.15, -0.1) is 0 Å². The molecule has 0 bridgehead atoms. The molecule has 0 aliphatic carbocycles. The molecule has 1 atom stereocenters. The van der Waals surface area contributed by atoms with Crippen LogP contribution < -0.4 is 5.43 Å².